The minimum atomic E-state index is -0.817. The van der Waals surface area contributed by atoms with Crippen LogP contribution in [0.4, 0.5) is 0 Å². The van der Waals surface area contributed by atoms with Crippen LogP contribution in [0.5, 0.6) is 11.5 Å². The third-order valence-corrected chi connectivity index (χ3v) is 6.53. The van der Waals surface area contributed by atoms with Crippen molar-refractivity contribution in [3.63, 3.8) is 0 Å². The number of pyridine rings is 1. The van der Waals surface area contributed by atoms with Gasteiger partial charge in [-0.2, -0.15) is 0 Å². The quantitative estimate of drug-likeness (QED) is 0.309. The summed E-state index contributed by atoms with van der Waals surface area (Å²) in [5, 5.41) is 11.5. The van der Waals surface area contributed by atoms with Gasteiger partial charge >= 0.3 is 0 Å². The van der Waals surface area contributed by atoms with Crippen molar-refractivity contribution in [2.24, 2.45) is 0 Å². The number of rotatable bonds is 9. The van der Waals surface area contributed by atoms with Crippen LogP contribution in [0.2, 0.25) is 10.0 Å². The Bertz CT molecular complexity index is 1100. The Morgan fingerprint density at radius 1 is 1.12 bits per heavy atom. The average Bonchev–Trinajstić information content (AvgIpc) is 3.09. The molecule has 2 heterocycles. The molecular formula is C24H27Cl2N3O5. The van der Waals surface area contributed by atoms with E-state index in [1.54, 1.807) is 24.5 Å². The zero-order valence-corrected chi connectivity index (χ0v) is 21.0. The predicted octanol–water partition coefficient (Wildman–Crippen LogP) is 4.17. The van der Waals surface area contributed by atoms with Gasteiger partial charge in [0, 0.05) is 25.5 Å². The third-order valence-electron chi connectivity index (χ3n) is 5.91. The van der Waals surface area contributed by atoms with E-state index in [1.807, 2.05) is 13.8 Å². The average molecular weight is 508 g/mol. The topological polar surface area (TPSA) is 92.2 Å². The van der Waals surface area contributed by atoms with Crippen molar-refractivity contribution < 1.29 is 24.2 Å². The summed E-state index contributed by atoms with van der Waals surface area (Å²) in [5.74, 6) is -1.69. The van der Waals surface area contributed by atoms with Crippen molar-refractivity contribution in [1.82, 2.24) is 14.8 Å². The Morgan fingerprint density at radius 2 is 1.74 bits per heavy atom. The number of ether oxygens (including phenoxy) is 2. The van der Waals surface area contributed by atoms with Gasteiger partial charge in [0.2, 0.25) is 0 Å². The summed E-state index contributed by atoms with van der Waals surface area (Å²) in [7, 11) is 2.77. The Balaban J connectivity index is 2.20. The molecule has 0 aliphatic carbocycles. The summed E-state index contributed by atoms with van der Waals surface area (Å²) in [6.07, 6.45) is 3.14. The molecule has 2 aromatic rings. The van der Waals surface area contributed by atoms with E-state index >= 15 is 0 Å². The van der Waals surface area contributed by atoms with Gasteiger partial charge in [-0.05, 0) is 36.9 Å². The molecule has 0 spiro atoms. The first-order valence-electron chi connectivity index (χ1n) is 10.8. The fourth-order valence-electron chi connectivity index (χ4n) is 4.08. The molecular weight excluding hydrogens is 481 g/mol. The monoisotopic (exact) mass is 507 g/mol. The first-order chi connectivity index (χ1) is 16.3. The van der Waals surface area contributed by atoms with Gasteiger partial charge in [-0.15, -0.1) is 0 Å². The summed E-state index contributed by atoms with van der Waals surface area (Å²) < 4.78 is 10.6. The van der Waals surface area contributed by atoms with E-state index in [4.69, 9.17) is 32.7 Å². The number of aliphatic hydroxyl groups excluding tert-OH is 1. The van der Waals surface area contributed by atoms with E-state index in [0.717, 1.165) is 13.1 Å². The molecule has 0 bridgehead atoms. The Labute approximate surface area is 208 Å². The normalized spacial score (nSPS) is 17.5. The molecule has 182 valence electrons. The number of aromatic nitrogens is 1. The van der Waals surface area contributed by atoms with Crippen molar-refractivity contribution in [3.05, 3.63) is 57.3 Å². The van der Waals surface area contributed by atoms with E-state index < -0.39 is 23.5 Å². The van der Waals surface area contributed by atoms with Crippen LogP contribution in [0.15, 0.2) is 36.2 Å². The smallest absolute Gasteiger partial charge is 0.295 e. The number of Topliss-reactive ketones (excluding diaryl/α,β-unsaturated/α-hetero) is 1. The number of halogens is 2. The number of ketones is 1. The molecule has 1 atom stereocenters. The summed E-state index contributed by atoms with van der Waals surface area (Å²) >= 11 is 12.7. The number of likely N-dealkylation sites (N-methyl/N-ethyl adjacent to an activating group) is 1. The Kier molecular flexibility index (Phi) is 8.41. The van der Waals surface area contributed by atoms with Gasteiger partial charge in [0.15, 0.2) is 11.5 Å². The fraction of sp³-hybridized carbons (Fsp3) is 0.375. The molecule has 1 saturated heterocycles. The molecule has 1 unspecified atom stereocenters. The third kappa shape index (κ3) is 4.71. The maximum Gasteiger partial charge on any atom is 0.295 e. The predicted molar refractivity (Wildman–Crippen MR) is 131 cm³/mol. The molecule has 1 aromatic heterocycles. The van der Waals surface area contributed by atoms with Gasteiger partial charge < -0.3 is 24.4 Å². The Hall–Kier alpha value is -2.81. The molecule has 34 heavy (non-hydrogen) atoms. The van der Waals surface area contributed by atoms with Crippen LogP contribution >= 0.6 is 23.2 Å². The number of likely N-dealkylation sites (tertiary alicyclic amines) is 1. The van der Waals surface area contributed by atoms with Crippen LogP contribution in [0.3, 0.4) is 0 Å². The lowest BCUT2D eigenvalue weighted by molar-refractivity contribution is -0.140. The summed E-state index contributed by atoms with van der Waals surface area (Å²) in [6, 6.07) is 4.00. The maximum absolute atomic E-state index is 13.2. The van der Waals surface area contributed by atoms with Crippen LogP contribution in [-0.4, -0.2) is 72.0 Å². The van der Waals surface area contributed by atoms with Crippen LogP contribution in [0.1, 0.15) is 31.0 Å². The molecule has 1 aliphatic rings. The van der Waals surface area contributed by atoms with E-state index in [0.29, 0.717) is 18.7 Å². The second-order valence-electron chi connectivity index (χ2n) is 7.59. The highest BCUT2D eigenvalue weighted by Crippen LogP contribution is 2.47. The molecule has 1 aromatic carbocycles. The maximum atomic E-state index is 13.2. The summed E-state index contributed by atoms with van der Waals surface area (Å²) in [6.45, 7) is 6.55. The lowest BCUT2D eigenvalue weighted by Gasteiger charge is -2.28. The van der Waals surface area contributed by atoms with Crippen molar-refractivity contribution in [2.45, 2.75) is 19.9 Å². The molecule has 0 saturated carbocycles. The summed E-state index contributed by atoms with van der Waals surface area (Å²) in [5.41, 5.74) is 0.644. The van der Waals surface area contributed by atoms with Crippen LogP contribution in [0.25, 0.3) is 5.76 Å². The van der Waals surface area contributed by atoms with Crippen molar-refractivity contribution in [3.8, 4) is 11.5 Å². The first-order valence-corrected chi connectivity index (χ1v) is 11.6. The lowest BCUT2D eigenvalue weighted by atomic mass is 9.95. The number of benzene rings is 1. The number of amides is 1. The number of carbonyl (C=O) groups excluding carboxylic acids is 2. The molecule has 10 heteroatoms. The molecule has 3 rings (SSSR count). The highest BCUT2D eigenvalue weighted by atomic mass is 35.5. The highest BCUT2D eigenvalue weighted by Gasteiger charge is 2.46. The van der Waals surface area contributed by atoms with Gasteiger partial charge in [-0.3, -0.25) is 14.6 Å². The van der Waals surface area contributed by atoms with Gasteiger partial charge in [0.25, 0.3) is 11.7 Å². The van der Waals surface area contributed by atoms with E-state index in [-0.39, 0.29) is 32.7 Å². The van der Waals surface area contributed by atoms with E-state index in [9.17, 15) is 14.7 Å². The number of aliphatic hydroxyl groups is 1. The lowest BCUT2D eigenvalue weighted by Crippen LogP contribution is -2.38. The fourth-order valence-corrected chi connectivity index (χ4v) is 4.77. The number of methoxy groups -OCH3 is 2. The van der Waals surface area contributed by atoms with E-state index in [1.165, 1.54) is 25.2 Å². The first kappa shape index (κ1) is 25.8. The molecule has 0 radical (unpaired) electrons. The van der Waals surface area contributed by atoms with Gasteiger partial charge in [0.05, 0.1) is 36.4 Å². The number of nitrogens with zero attached hydrogens (tertiary/aromatic N) is 3. The number of carbonyl (C=O) groups is 2. The van der Waals surface area contributed by atoms with Crippen molar-refractivity contribution in [1.29, 1.82) is 0 Å². The van der Waals surface area contributed by atoms with Crippen molar-refractivity contribution >= 4 is 40.7 Å². The zero-order chi connectivity index (χ0) is 25.0. The van der Waals surface area contributed by atoms with Gasteiger partial charge in [0.1, 0.15) is 10.8 Å². The summed E-state index contributed by atoms with van der Waals surface area (Å²) in [4.78, 5) is 34.0. The highest BCUT2D eigenvalue weighted by molar-refractivity contribution is 6.47. The number of hydrogen-bond donors (Lipinski definition) is 1. The standard InChI is InChI=1S/C24H27Cl2N3O5/c1-5-28(6-2)11-12-29-19(14-7-9-27-10-8-14)17(21(31)24(29)32)20(30)15-13-16(25)23(34-4)18(26)22(15)33-3/h7-10,13,19,30H,5-6,11-12H2,1-4H3/b20-17+. The van der Waals surface area contributed by atoms with Crippen LogP contribution < -0.4 is 9.47 Å². The SMILES string of the molecule is CCN(CC)CCN1C(=O)C(=O)/C(=C(/O)c2cc(Cl)c(OC)c(Cl)c2OC)C1c1ccncc1. The zero-order valence-electron chi connectivity index (χ0n) is 19.5. The van der Waals surface area contributed by atoms with Gasteiger partial charge in [-0.25, -0.2) is 0 Å². The molecule has 1 fully saturated rings. The second kappa shape index (κ2) is 11.1. The molecule has 1 amide bonds. The van der Waals surface area contributed by atoms with Crippen LogP contribution in [-0.2, 0) is 9.59 Å². The van der Waals surface area contributed by atoms with Crippen molar-refractivity contribution in [2.75, 3.05) is 40.4 Å². The molecule has 1 N–H and O–H groups in total. The Morgan fingerprint density at radius 3 is 2.29 bits per heavy atom. The van der Waals surface area contributed by atoms with Gasteiger partial charge in [-0.1, -0.05) is 37.0 Å². The van der Waals surface area contributed by atoms with E-state index in [2.05, 4.69) is 9.88 Å². The minimum absolute atomic E-state index is 0.0373. The molecule has 1 aliphatic heterocycles. The second-order valence-corrected chi connectivity index (χ2v) is 8.37. The molecule has 8 nitrogen and oxygen atoms in total. The minimum Gasteiger partial charge on any atom is -0.507 e. The largest absolute Gasteiger partial charge is 0.507 e. The van der Waals surface area contributed by atoms with Crippen LogP contribution in [0, 0.1) is 0 Å². The number of hydrogen-bond acceptors (Lipinski definition) is 7.